The minimum absolute atomic E-state index is 0.00391. The van der Waals surface area contributed by atoms with Gasteiger partial charge in [0.1, 0.15) is 5.75 Å². The summed E-state index contributed by atoms with van der Waals surface area (Å²) in [7, 11) is 0. The molecule has 1 aromatic rings. The van der Waals surface area contributed by atoms with E-state index in [-0.39, 0.29) is 12.1 Å². The van der Waals surface area contributed by atoms with Crippen LogP contribution in [0.2, 0.25) is 0 Å². The fourth-order valence-corrected chi connectivity index (χ4v) is 1.89. The maximum Gasteiger partial charge on any atom is 0.415 e. The molecule has 2 rings (SSSR count). The molecule has 1 aliphatic heterocycles. The van der Waals surface area contributed by atoms with Gasteiger partial charge in [0.25, 0.3) is 0 Å². The molecule has 0 spiro atoms. The third kappa shape index (κ3) is 3.15. The van der Waals surface area contributed by atoms with Gasteiger partial charge < -0.3 is 9.64 Å². The molecule has 0 radical (unpaired) electrons. The van der Waals surface area contributed by atoms with Crippen LogP contribution in [0.25, 0.3) is 10.4 Å². The summed E-state index contributed by atoms with van der Waals surface area (Å²) in [5.41, 5.74) is 8.34. The molecule has 0 saturated carbocycles. The lowest BCUT2D eigenvalue weighted by molar-refractivity contribution is 0.139. The quantitative estimate of drug-likeness (QED) is 0.457. The standard InChI is InChI=1S/C12H14N4O2/c13-15-14-10-6-8-16(9-7-10)12(17)18-11-4-2-1-3-5-11/h1-5,10H,6-9H2. The van der Waals surface area contributed by atoms with Crippen molar-refractivity contribution in [1.82, 2.24) is 4.90 Å². The molecule has 6 heteroatoms. The number of ether oxygens (including phenoxy) is 1. The van der Waals surface area contributed by atoms with Crippen molar-refractivity contribution in [2.75, 3.05) is 13.1 Å². The summed E-state index contributed by atoms with van der Waals surface area (Å²) in [5.74, 6) is 0.541. The topological polar surface area (TPSA) is 78.3 Å². The van der Waals surface area contributed by atoms with Crippen LogP contribution in [0.15, 0.2) is 35.4 Å². The highest BCUT2D eigenvalue weighted by Crippen LogP contribution is 2.16. The van der Waals surface area contributed by atoms with Crippen LogP contribution in [0.5, 0.6) is 5.75 Å². The first-order valence-corrected chi connectivity index (χ1v) is 5.85. The SMILES string of the molecule is [N-]=[N+]=NC1CCN(C(=O)Oc2ccccc2)CC1. The Morgan fingerprint density at radius 3 is 2.61 bits per heavy atom. The van der Waals surface area contributed by atoms with Crippen LogP contribution in [0, 0.1) is 0 Å². The Kier molecular flexibility index (Phi) is 4.04. The Bertz CT molecular complexity index is 448. The number of carbonyl (C=O) groups excluding carboxylic acids is 1. The zero-order valence-electron chi connectivity index (χ0n) is 9.90. The Morgan fingerprint density at radius 1 is 1.33 bits per heavy atom. The van der Waals surface area contributed by atoms with Crippen molar-refractivity contribution >= 4 is 6.09 Å². The zero-order chi connectivity index (χ0) is 12.8. The van der Waals surface area contributed by atoms with Gasteiger partial charge in [0, 0.05) is 24.0 Å². The molecule has 0 bridgehead atoms. The van der Waals surface area contributed by atoms with E-state index in [1.807, 2.05) is 18.2 Å². The van der Waals surface area contributed by atoms with Crippen molar-refractivity contribution in [3.8, 4) is 5.75 Å². The number of rotatable bonds is 2. The largest absolute Gasteiger partial charge is 0.415 e. The van der Waals surface area contributed by atoms with E-state index in [1.54, 1.807) is 17.0 Å². The number of piperidine rings is 1. The highest BCUT2D eigenvalue weighted by atomic mass is 16.6. The Balaban J connectivity index is 1.86. The molecule has 94 valence electrons. The van der Waals surface area contributed by atoms with Gasteiger partial charge in [-0.3, -0.25) is 0 Å². The molecule has 0 atom stereocenters. The van der Waals surface area contributed by atoms with E-state index >= 15 is 0 Å². The average Bonchev–Trinajstić information content (AvgIpc) is 2.41. The van der Waals surface area contributed by atoms with Crippen LogP contribution in [-0.2, 0) is 0 Å². The van der Waals surface area contributed by atoms with Crippen molar-refractivity contribution in [3.05, 3.63) is 40.8 Å². The molecule has 1 aliphatic rings. The summed E-state index contributed by atoms with van der Waals surface area (Å²) in [4.78, 5) is 16.3. The van der Waals surface area contributed by atoms with Crippen molar-refractivity contribution in [2.45, 2.75) is 18.9 Å². The summed E-state index contributed by atoms with van der Waals surface area (Å²) in [6.07, 6.45) is 1.03. The predicted molar refractivity (Wildman–Crippen MR) is 66.2 cm³/mol. The molecule has 0 aromatic heterocycles. The second kappa shape index (κ2) is 5.93. The van der Waals surface area contributed by atoms with Crippen molar-refractivity contribution in [3.63, 3.8) is 0 Å². The van der Waals surface area contributed by atoms with Crippen LogP contribution < -0.4 is 4.74 Å². The van der Waals surface area contributed by atoms with Gasteiger partial charge in [-0.2, -0.15) is 0 Å². The monoisotopic (exact) mass is 246 g/mol. The lowest BCUT2D eigenvalue weighted by atomic mass is 10.1. The Hall–Kier alpha value is -2.20. The van der Waals surface area contributed by atoms with E-state index in [4.69, 9.17) is 10.3 Å². The first-order chi connectivity index (χ1) is 8.79. The molecular weight excluding hydrogens is 232 g/mol. The lowest BCUT2D eigenvalue weighted by Gasteiger charge is -2.28. The van der Waals surface area contributed by atoms with Gasteiger partial charge in [-0.1, -0.05) is 23.3 Å². The molecule has 0 unspecified atom stereocenters. The number of hydrogen-bond acceptors (Lipinski definition) is 3. The van der Waals surface area contributed by atoms with E-state index in [2.05, 4.69) is 10.0 Å². The minimum atomic E-state index is -0.347. The number of nitrogens with zero attached hydrogens (tertiary/aromatic N) is 4. The van der Waals surface area contributed by atoms with Crippen LogP contribution in [-0.4, -0.2) is 30.1 Å². The Labute approximate surface area is 105 Å². The van der Waals surface area contributed by atoms with E-state index in [1.165, 1.54) is 0 Å². The van der Waals surface area contributed by atoms with E-state index in [0.29, 0.717) is 31.7 Å². The molecule has 0 N–H and O–H groups in total. The maximum atomic E-state index is 11.8. The van der Waals surface area contributed by atoms with Crippen molar-refractivity contribution in [1.29, 1.82) is 0 Å². The second-order valence-corrected chi connectivity index (χ2v) is 4.10. The number of likely N-dealkylation sites (tertiary alicyclic amines) is 1. The smallest absolute Gasteiger partial charge is 0.410 e. The van der Waals surface area contributed by atoms with Gasteiger partial charge in [-0.25, -0.2) is 4.79 Å². The molecule has 1 amide bonds. The summed E-state index contributed by atoms with van der Waals surface area (Å²) in [6.45, 7) is 1.13. The van der Waals surface area contributed by atoms with Crippen LogP contribution in [0.3, 0.4) is 0 Å². The van der Waals surface area contributed by atoms with Crippen LogP contribution in [0.1, 0.15) is 12.8 Å². The van der Waals surface area contributed by atoms with Gasteiger partial charge in [-0.15, -0.1) is 0 Å². The fraction of sp³-hybridized carbons (Fsp3) is 0.417. The van der Waals surface area contributed by atoms with Gasteiger partial charge >= 0.3 is 6.09 Å². The normalized spacial score (nSPS) is 15.9. The first-order valence-electron chi connectivity index (χ1n) is 5.85. The zero-order valence-corrected chi connectivity index (χ0v) is 9.90. The molecular formula is C12H14N4O2. The summed E-state index contributed by atoms with van der Waals surface area (Å²) in [6, 6.07) is 8.97. The summed E-state index contributed by atoms with van der Waals surface area (Å²) < 4.78 is 5.23. The highest BCUT2D eigenvalue weighted by Gasteiger charge is 2.23. The van der Waals surface area contributed by atoms with E-state index in [0.717, 1.165) is 0 Å². The molecule has 1 saturated heterocycles. The third-order valence-electron chi connectivity index (χ3n) is 2.89. The fourth-order valence-electron chi connectivity index (χ4n) is 1.89. The Morgan fingerprint density at radius 2 is 2.00 bits per heavy atom. The van der Waals surface area contributed by atoms with Crippen molar-refractivity contribution in [2.24, 2.45) is 5.11 Å². The van der Waals surface area contributed by atoms with Gasteiger partial charge in [0.2, 0.25) is 0 Å². The van der Waals surface area contributed by atoms with E-state index in [9.17, 15) is 4.79 Å². The molecule has 0 aliphatic carbocycles. The molecule has 6 nitrogen and oxygen atoms in total. The predicted octanol–water partition coefficient (Wildman–Crippen LogP) is 2.96. The number of carbonyl (C=O) groups is 1. The van der Waals surface area contributed by atoms with Crippen LogP contribution in [0.4, 0.5) is 4.79 Å². The second-order valence-electron chi connectivity index (χ2n) is 4.10. The number of azide groups is 1. The van der Waals surface area contributed by atoms with Crippen LogP contribution >= 0.6 is 0 Å². The molecule has 1 aromatic carbocycles. The van der Waals surface area contributed by atoms with Crippen molar-refractivity contribution < 1.29 is 9.53 Å². The first kappa shape index (κ1) is 12.3. The number of hydrogen-bond donors (Lipinski definition) is 0. The summed E-state index contributed by atoms with van der Waals surface area (Å²) >= 11 is 0. The lowest BCUT2D eigenvalue weighted by Crippen LogP contribution is -2.41. The van der Waals surface area contributed by atoms with Gasteiger partial charge in [-0.05, 0) is 30.5 Å². The maximum absolute atomic E-state index is 11.8. The highest BCUT2D eigenvalue weighted by molar-refractivity contribution is 5.70. The van der Waals surface area contributed by atoms with E-state index < -0.39 is 0 Å². The molecule has 1 heterocycles. The minimum Gasteiger partial charge on any atom is -0.410 e. The number of benzene rings is 1. The molecule has 1 fully saturated rings. The number of para-hydroxylation sites is 1. The third-order valence-corrected chi connectivity index (χ3v) is 2.89. The number of amides is 1. The van der Waals surface area contributed by atoms with Gasteiger partial charge in [0.05, 0.1) is 0 Å². The average molecular weight is 246 g/mol. The molecule has 18 heavy (non-hydrogen) atoms. The summed E-state index contributed by atoms with van der Waals surface area (Å²) in [5, 5.41) is 3.66. The van der Waals surface area contributed by atoms with Gasteiger partial charge in [0.15, 0.2) is 0 Å².